The van der Waals surface area contributed by atoms with Crippen molar-refractivity contribution < 1.29 is 0 Å². The van der Waals surface area contributed by atoms with Crippen molar-refractivity contribution in [2.75, 3.05) is 0 Å². The molecule has 34 heavy (non-hydrogen) atoms. The Kier molecular flexibility index (Phi) is 27.6. The minimum Gasteiger partial charge on any atom is -0.0654 e. The van der Waals surface area contributed by atoms with E-state index in [0.29, 0.717) is 0 Å². The summed E-state index contributed by atoms with van der Waals surface area (Å²) in [5.74, 6) is 2.85. The van der Waals surface area contributed by atoms with E-state index in [9.17, 15) is 0 Å². The molecule has 0 nitrogen and oxygen atoms in total. The minimum atomic E-state index is 0.934. The van der Waals surface area contributed by atoms with Crippen LogP contribution in [0, 0.1) is 17.8 Å². The molecule has 3 unspecified atom stereocenters. The highest BCUT2D eigenvalue weighted by molar-refractivity contribution is 4.59. The van der Waals surface area contributed by atoms with Gasteiger partial charge < -0.3 is 0 Å². The maximum atomic E-state index is 2.50. The molecule has 0 bridgehead atoms. The first-order chi connectivity index (χ1) is 16.6. The Hall–Kier alpha value is 0. The molecule has 0 rings (SSSR count). The van der Waals surface area contributed by atoms with E-state index in [0.717, 1.165) is 17.8 Å². The molecule has 206 valence electrons. The van der Waals surface area contributed by atoms with Gasteiger partial charge in [-0.3, -0.25) is 0 Å². The zero-order chi connectivity index (χ0) is 25.1. The standard InChI is InChI=1S/C34H70/c1-6-8-9-10-11-12-13-14-15-16-17-18-20-23-27-33(4)28-24-21-19-22-25-29-34(5)31-26-30-32(3)7-2/h32-34H,6-31H2,1-5H3. The summed E-state index contributed by atoms with van der Waals surface area (Å²) in [6, 6.07) is 0. The Morgan fingerprint density at radius 1 is 0.294 bits per heavy atom. The van der Waals surface area contributed by atoms with Gasteiger partial charge in [-0.25, -0.2) is 0 Å². The molecule has 0 saturated heterocycles. The number of hydrogen-bond acceptors (Lipinski definition) is 0. The van der Waals surface area contributed by atoms with Crippen LogP contribution in [0.1, 0.15) is 202 Å². The van der Waals surface area contributed by atoms with Crippen LogP contribution in [0.3, 0.4) is 0 Å². The molecule has 0 heterocycles. The van der Waals surface area contributed by atoms with Crippen LogP contribution < -0.4 is 0 Å². The Labute approximate surface area is 219 Å². The zero-order valence-corrected chi connectivity index (χ0v) is 25.1. The molecule has 0 N–H and O–H groups in total. The van der Waals surface area contributed by atoms with Crippen molar-refractivity contribution in [3.8, 4) is 0 Å². The van der Waals surface area contributed by atoms with Crippen molar-refractivity contribution in [3.63, 3.8) is 0 Å². The molecule has 0 aliphatic carbocycles. The Balaban J connectivity index is 3.25. The highest BCUT2D eigenvalue weighted by atomic mass is 14.1. The van der Waals surface area contributed by atoms with Crippen molar-refractivity contribution in [1.29, 1.82) is 0 Å². The largest absolute Gasteiger partial charge is 0.0654 e. The third kappa shape index (κ3) is 26.6. The lowest BCUT2D eigenvalue weighted by Crippen LogP contribution is -1.98. The fraction of sp³-hybridized carbons (Fsp3) is 1.00. The summed E-state index contributed by atoms with van der Waals surface area (Å²) in [5, 5.41) is 0. The second-order valence-corrected chi connectivity index (χ2v) is 12.4. The van der Waals surface area contributed by atoms with Gasteiger partial charge in [0, 0.05) is 0 Å². The summed E-state index contributed by atoms with van der Waals surface area (Å²) in [7, 11) is 0. The maximum absolute atomic E-state index is 2.50. The van der Waals surface area contributed by atoms with Crippen molar-refractivity contribution >= 4 is 0 Å². The fourth-order valence-corrected chi connectivity index (χ4v) is 5.51. The zero-order valence-electron chi connectivity index (χ0n) is 25.1. The first-order valence-electron chi connectivity index (χ1n) is 16.6. The van der Waals surface area contributed by atoms with Gasteiger partial charge in [0.25, 0.3) is 0 Å². The molecule has 0 amide bonds. The molecule has 0 aromatic heterocycles. The lowest BCUT2D eigenvalue weighted by atomic mass is 9.93. The van der Waals surface area contributed by atoms with E-state index in [1.807, 2.05) is 0 Å². The third-order valence-corrected chi connectivity index (χ3v) is 8.54. The molecule has 3 atom stereocenters. The first kappa shape index (κ1) is 34.0. The van der Waals surface area contributed by atoms with Crippen LogP contribution in [0.2, 0.25) is 0 Å². The van der Waals surface area contributed by atoms with Crippen molar-refractivity contribution in [3.05, 3.63) is 0 Å². The van der Waals surface area contributed by atoms with Gasteiger partial charge >= 0.3 is 0 Å². The predicted octanol–water partition coefficient (Wildman–Crippen LogP) is 13.1. The van der Waals surface area contributed by atoms with Gasteiger partial charge in [0.1, 0.15) is 0 Å². The SMILES string of the molecule is CCCCCCCCCCCCCCCCC(C)CCCCCCCC(C)CCCC(C)CC. The Morgan fingerprint density at radius 2 is 0.559 bits per heavy atom. The van der Waals surface area contributed by atoms with Crippen LogP contribution in [0.15, 0.2) is 0 Å². The van der Waals surface area contributed by atoms with E-state index in [-0.39, 0.29) is 0 Å². The number of hydrogen-bond donors (Lipinski definition) is 0. The molecule has 0 aliphatic heterocycles. The molecule has 0 aliphatic rings. The summed E-state index contributed by atoms with van der Waals surface area (Å²) in [4.78, 5) is 0. The Bertz CT molecular complexity index is 359. The van der Waals surface area contributed by atoms with Crippen molar-refractivity contribution in [1.82, 2.24) is 0 Å². The van der Waals surface area contributed by atoms with Crippen LogP contribution >= 0.6 is 0 Å². The van der Waals surface area contributed by atoms with Crippen LogP contribution in [-0.2, 0) is 0 Å². The van der Waals surface area contributed by atoms with Gasteiger partial charge in [0.2, 0.25) is 0 Å². The molecule has 0 radical (unpaired) electrons. The lowest BCUT2D eigenvalue weighted by molar-refractivity contribution is 0.401. The second kappa shape index (κ2) is 27.6. The van der Waals surface area contributed by atoms with E-state index >= 15 is 0 Å². The van der Waals surface area contributed by atoms with E-state index < -0.39 is 0 Å². The van der Waals surface area contributed by atoms with Crippen LogP contribution in [0.5, 0.6) is 0 Å². The smallest absolute Gasteiger partial charge is 0.0443 e. The molecule has 0 spiro atoms. The third-order valence-electron chi connectivity index (χ3n) is 8.54. The average molecular weight is 479 g/mol. The predicted molar refractivity (Wildman–Crippen MR) is 159 cm³/mol. The fourth-order valence-electron chi connectivity index (χ4n) is 5.51. The Morgan fingerprint density at radius 3 is 0.882 bits per heavy atom. The van der Waals surface area contributed by atoms with Crippen LogP contribution in [0.25, 0.3) is 0 Å². The van der Waals surface area contributed by atoms with Gasteiger partial charge in [-0.05, 0) is 17.8 Å². The topological polar surface area (TPSA) is 0 Å². The molecular formula is C34H70. The molecule has 0 heteroatoms. The number of rotatable bonds is 28. The number of unbranched alkanes of at least 4 members (excludes halogenated alkanes) is 17. The van der Waals surface area contributed by atoms with Crippen LogP contribution in [0.4, 0.5) is 0 Å². The highest BCUT2D eigenvalue weighted by Gasteiger charge is 2.05. The highest BCUT2D eigenvalue weighted by Crippen LogP contribution is 2.21. The maximum Gasteiger partial charge on any atom is -0.0443 e. The second-order valence-electron chi connectivity index (χ2n) is 12.4. The van der Waals surface area contributed by atoms with Gasteiger partial charge in [-0.1, -0.05) is 202 Å². The normalized spacial score (nSPS) is 14.4. The van der Waals surface area contributed by atoms with E-state index in [4.69, 9.17) is 0 Å². The van der Waals surface area contributed by atoms with Gasteiger partial charge in [-0.2, -0.15) is 0 Å². The summed E-state index contributed by atoms with van der Waals surface area (Å²) in [6.07, 6.45) is 38.1. The lowest BCUT2D eigenvalue weighted by Gasteiger charge is -2.13. The minimum absolute atomic E-state index is 0.934. The molecule has 0 fully saturated rings. The van der Waals surface area contributed by atoms with E-state index in [1.54, 1.807) is 0 Å². The van der Waals surface area contributed by atoms with E-state index in [1.165, 1.54) is 167 Å². The molecule has 0 aromatic rings. The summed E-state index contributed by atoms with van der Waals surface area (Å²) >= 11 is 0. The quantitative estimate of drug-likeness (QED) is 0.0980. The van der Waals surface area contributed by atoms with Gasteiger partial charge in [0.15, 0.2) is 0 Å². The van der Waals surface area contributed by atoms with Gasteiger partial charge in [-0.15, -0.1) is 0 Å². The summed E-state index contributed by atoms with van der Waals surface area (Å²) < 4.78 is 0. The monoisotopic (exact) mass is 479 g/mol. The molecular weight excluding hydrogens is 408 g/mol. The van der Waals surface area contributed by atoms with E-state index in [2.05, 4.69) is 34.6 Å². The average Bonchev–Trinajstić information content (AvgIpc) is 2.83. The first-order valence-corrected chi connectivity index (χ1v) is 16.6. The molecule has 0 aromatic carbocycles. The summed E-state index contributed by atoms with van der Waals surface area (Å²) in [5.41, 5.74) is 0. The summed E-state index contributed by atoms with van der Waals surface area (Å²) in [6.45, 7) is 12.0. The van der Waals surface area contributed by atoms with Crippen molar-refractivity contribution in [2.24, 2.45) is 17.8 Å². The van der Waals surface area contributed by atoms with Crippen molar-refractivity contribution in [2.45, 2.75) is 202 Å². The molecule has 0 saturated carbocycles. The van der Waals surface area contributed by atoms with Crippen LogP contribution in [-0.4, -0.2) is 0 Å². The van der Waals surface area contributed by atoms with Gasteiger partial charge in [0.05, 0.1) is 0 Å².